The summed E-state index contributed by atoms with van der Waals surface area (Å²) in [6.45, 7) is 3.60. The average Bonchev–Trinajstić information content (AvgIpc) is 2.97. The lowest BCUT2D eigenvalue weighted by Gasteiger charge is -2.28. The van der Waals surface area contributed by atoms with E-state index in [4.69, 9.17) is 0 Å². The molecule has 0 aliphatic carbocycles. The number of amides is 1. The Bertz CT molecular complexity index is 729. The number of rotatable bonds is 4. The van der Waals surface area contributed by atoms with Gasteiger partial charge in [0.05, 0.1) is 5.69 Å². The Morgan fingerprint density at radius 3 is 2.71 bits per heavy atom. The van der Waals surface area contributed by atoms with E-state index in [9.17, 15) is 9.90 Å². The number of hydrogen-bond donors (Lipinski definition) is 1. The standard InChI is InChI=1S/C20H24N2O2/c1-15-7-5-8-16(13-15)18-10-3-4-11-19(18)22(20(23)24)14-17-9-6-12-21(17)2/h3-5,7-8,10-11,13,17H,6,9,12,14H2,1-2H3,(H,23,24). The van der Waals surface area contributed by atoms with E-state index in [1.54, 1.807) is 0 Å². The molecule has 1 unspecified atom stereocenters. The minimum Gasteiger partial charge on any atom is -0.465 e. The second-order valence-electron chi connectivity index (χ2n) is 6.56. The van der Waals surface area contributed by atoms with E-state index in [1.165, 1.54) is 10.5 Å². The predicted octanol–water partition coefficient (Wildman–Crippen LogP) is 4.24. The fraction of sp³-hybridized carbons (Fsp3) is 0.350. The van der Waals surface area contributed by atoms with Crippen LogP contribution in [0.2, 0.25) is 0 Å². The lowest BCUT2D eigenvalue weighted by molar-refractivity contribution is 0.198. The van der Waals surface area contributed by atoms with E-state index in [0.717, 1.165) is 36.2 Å². The Morgan fingerprint density at radius 2 is 2.04 bits per heavy atom. The fourth-order valence-corrected chi connectivity index (χ4v) is 3.47. The van der Waals surface area contributed by atoms with Crippen LogP contribution in [0.25, 0.3) is 11.1 Å². The summed E-state index contributed by atoms with van der Waals surface area (Å²) in [7, 11) is 2.07. The van der Waals surface area contributed by atoms with Gasteiger partial charge in [-0.15, -0.1) is 0 Å². The molecule has 1 aliphatic rings. The van der Waals surface area contributed by atoms with Crippen LogP contribution in [0, 0.1) is 6.92 Å². The molecule has 4 heteroatoms. The smallest absolute Gasteiger partial charge is 0.411 e. The fourth-order valence-electron chi connectivity index (χ4n) is 3.47. The van der Waals surface area contributed by atoms with Gasteiger partial charge in [0.25, 0.3) is 0 Å². The summed E-state index contributed by atoms with van der Waals surface area (Å²) in [5, 5.41) is 9.81. The topological polar surface area (TPSA) is 43.8 Å². The quantitative estimate of drug-likeness (QED) is 0.915. The van der Waals surface area contributed by atoms with Crippen LogP contribution >= 0.6 is 0 Å². The third-order valence-electron chi connectivity index (χ3n) is 4.82. The van der Waals surface area contributed by atoms with Gasteiger partial charge in [-0.2, -0.15) is 0 Å². The van der Waals surface area contributed by atoms with Gasteiger partial charge in [0.2, 0.25) is 0 Å². The molecule has 126 valence electrons. The zero-order valence-corrected chi connectivity index (χ0v) is 14.3. The minimum absolute atomic E-state index is 0.284. The number of carboxylic acid groups (broad SMARTS) is 1. The number of hydrogen-bond acceptors (Lipinski definition) is 2. The van der Waals surface area contributed by atoms with Crippen molar-refractivity contribution < 1.29 is 9.90 Å². The molecule has 4 nitrogen and oxygen atoms in total. The molecular weight excluding hydrogens is 300 g/mol. The van der Waals surface area contributed by atoms with Crippen LogP contribution in [0.1, 0.15) is 18.4 Å². The number of para-hydroxylation sites is 1. The van der Waals surface area contributed by atoms with E-state index in [1.807, 2.05) is 36.4 Å². The lowest BCUT2D eigenvalue weighted by atomic mass is 10.0. The van der Waals surface area contributed by atoms with Crippen molar-refractivity contribution in [2.24, 2.45) is 0 Å². The van der Waals surface area contributed by atoms with E-state index < -0.39 is 6.09 Å². The van der Waals surface area contributed by atoms with Crippen molar-refractivity contribution in [3.8, 4) is 11.1 Å². The molecule has 0 saturated carbocycles. The Balaban J connectivity index is 1.98. The number of aryl methyl sites for hydroxylation is 1. The van der Waals surface area contributed by atoms with Crippen LogP contribution in [0.4, 0.5) is 10.5 Å². The highest BCUT2D eigenvalue weighted by molar-refractivity contribution is 5.93. The average molecular weight is 324 g/mol. The van der Waals surface area contributed by atoms with Gasteiger partial charge in [0.1, 0.15) is 0 Å². The summed E-state index contributed by atoms with van der Waals surface area (Å²) in [5.74, 6) is 0. The molecule has 0 bridgehead atoms. The first-order chi connectivity index (χ1) is 11.6. The van der Waals surface area contributed by atoms with E-state index in [2.05, 4.69) is 31.0 Å². The monoisotopic (exact) mass is 324 g/mol. The van der Waals surface area contributed by atoms with Crippen LogP contribution in [0.15, 0.2) is 48.5 Å². The summed E-state index contributed by atoms with van der Waals surface area (Å²) in [4.78, 5) is 15.7. The molecular formula is C20H24N2O2. The molecule has 0 spiro atoms. The van der Waals surface area contributed by atoms with Crippen LogP contribution < -0.4 is 4.90 Å². The first-order valence-corrected chi connectivity index (χ1v) is 8.43. The zero-order valence-electron chi connectivity index (χ0n) is 14.3. The summed E-state index contributed by atoms with van der Waals surface area (Å²) in [6, 6.07) is 16.2. The number of benzene rings is 2. The molecule has 1 N–H and O–H groups in total. The molecule has 24 heavy (non-hydrogen) atoms. The second kappa shape index (κ2) is 7.05. The van der Waals surface area contributed by atoms with E-state index in [0.29, 0.717) is 6.54 Å². The maximum atomic E-state index is 12.0. The van der Waals surface area contributed by atoms with Gasteiger partial charge < -0.3 is 10.0 Å². The van der Waals surface area contributed by atoms with Gasteiger partial charge in [0.15, 0.2) is 0 Å². The number of carbonyl (C=O) groups is 1. The van der Waals surface area contributed by atoms with E-state index in [-0.39, 0.29) is 6.04 Å². The van der Waals surface area contributed by atoms with Crippen molar-refractivity contribution in [1.82, 2.24) is 4.90 Å². The van der Waals surface area contributed by atoms with Crippen molar-refractivity contribution in [3.63, 3.8) is 0 Å². The molecule has 3 rings (SSSR count). The number of likely N-dealkylation sites (N-methyl/N-ethyl adjacent to an activating group) is 1. The molecule has 0 radical (unpaired) electrons. The molecule has 1 heterocycles. The summed E-state index contributed by atoms with van der Waals surface area (Å²) >= 11 is 0. The van der Waals surface area contributed by atoms with Gasteiger partial charge in [-0.3, -0.25) is 4.90 Å². The molecule has 1 fully saturated rings. The molecule has 1 amide bonds. The van der Waals surface area contributed by atoms with Gasteiger partial charge in [0, 0.05) is 18.2 Å². The van der Waals surface area contributed by atoms with Crippen molar-refractivity contribution in [1.29, 1.82) is 0 Å². The number of anilines is 1. The Morgan fingerprint density at radius 1 is 1.25 bits per heavy atom. The van der Waals surface area contributed by atoms with E-state index >= 15 is 0 Å². The van der Waals surface area contributed by atoms with Gasteiger partial charge in [-0.1, -0.05) is 48.0 Å². The highest BCUT2D eigenvalue weighted by Gasteiger charge is 2.27. The van der Waals surface area contributed by atoms with Crippen molar-refractivity contribution >= 4 is 11.8 Å². The van der Waals surface area contributed by atoms with Crippen LogP contribution in [-0.2, 0) is 0 Å². The Kier molecular flexibility index (Phi) is 4.86. The van der Waals surface area contributed by atoms with Gasteiger partial charge in [-0.25, -0.2) is 4.79 Å². The molecule has 2 aromatic rings. The third kappa shape index (κ3) is 3.44. The molecule has 1 atom stereocenters. The van der Waals surface area contributed by atoms with Crippen LogP contribution in [-0.4, -0.2) is 42.3 Å². The number of nitrogens with zero attached hydrogens (tertiary/aromatic N) is 2. The molecule has 1 saturated heterocycles. The van der Waals surface area contributed by atoms with Crippen molar-refractivity contribution in [3.05, 3.63) is 54.1 Å². The first kappa shape index (κ1) is 16.5. The number of likely N-dealkylation sites (tertiary alicyclic amines) is 1. The SMILES string of the molecule is Cc1cccc(-c2ccccc2N(CC2CCCN2C)C(=O)O)c1. The normalized spacial score (nSPS) is 17.8. The Hall–Kier alpha value is -2.33. The van der Waals surface area contributed by atoms with Crippen LogP contribution in [0.5, 0.6) is 0 Å². The Labute approximate surface area is 143 Å². The highest BCUT2D eigenvalue weighted by Crippen LogP contribution is 2.32. The third-order valence-corrected chi connectivity index (χ3v) is 4.82. The molecule has 0 aromatic heterocycles. The summed E-state index contributed by atoms with van der Waals surface area (Å²) in [6.07, 6.45) is 1.29. The molecule has 1 aliphatic heterocycles. The second-order valence-corrected chi connectivity index (χ2v) is 6.56. The molecule has 2 aromatic carbocycles. The predicted molar refractivity (Wildman–Crippen MR) is 97.6 cm³/mol. The summed E-state index contributed by atoms with van der Waals surface area (Å²) in [5.41, 5.74) is 3.94. The van der Waals surface area contributed by atoms with Crippen molar-refractivity contribution in [2.45, 2.75) is 25.8 Å². The van der Waals surface area contributed by atoms with Gasteiger partial charge in [-0.05, 0) is 45.0 Å². The lowest BCUT2D eigenvalue weighted by Crippen LogP contribution is -2.41. The summed E-state index contributed by atoms with van der Waals surface area (Å²) < 4.78 is 0. The largest absolute Gasteiger partial charge is 0.465 e. The van der Waals surface area contributed by atoms with Crippen molar-refractivity contribution in [2.75, 3.05) is 25.0 Å². The highest BCUT2D eigenvalue weighted by atomic mass is 16.4. The zero-order chi connectivity index (χ0) is 17.1. The van der Waals surface area contributed by atoms with Gasteiger partial charge >= 0.3 is 6.09 Å². The first-order valence-electron chi connectivity index (χ1n) is 8.43. The maximum absolute atomic E-state index is 12.0. The minimum atomic E-state index is -0.893. The van der Waals surface area contributed by atoms with Crippen LogP contribution in [0.3, 0.4) is 0 Å². The maximum Gasteiger partial charge on any atom is 0.411 e.